The summed E-state index contributed by atoms with van der Waals surface area (Å²) >= 11 is 1.54. The number of thiazole rings is 1. The number of hydrogen-bond acceptors (Lipinski definition) is 10. The van der Waals surface area contributed by atoms with E-state index in [1.807, 2.05) is 43.3 Å². The van der Waals surface area contributed by atoms with Crippen molar-refractivity contribution < 1.29 is 34.0 Å². The average molecular weight is 610 g/mol. The lowest BCUT2D eigenvalue weighted by Gasteiger charge is -2.58. The molecule has 1 fully saturated rings. The molecule has 5 unspecified atom stereocenters. The van der Waals surface area contributed by atoms with Gasteiger partial charge in [0.2, 0.25) is 12.7 Å². The quantitative estimate of drug-likeness (QED) is 0.271. The molecule has 0 bridgehead atoms. The monoisotopic (exact) mass is 609 g/mol. The molecule has 6 rings (SSSR count). The molecule has 0 radical (unpaired) electrons. The predicted octanol–water partition coefficient (Wildman–Crippen LogP) is 4.75. The number of aliphatic hydroxyl groups excluding tert-OH is 2. The smallest absolute Gasteiger partial charge is 0.231 e. The predicted molar refractivity (Wildman–Crippen MR) is 162 cm³/mol. The average Bonchev–Trinajstić information content (AvgIpc) is 3.65. The standard InChI is InChI=1S/C32H39N3O7S/c1-31-10-9-27(37)32(2,16-36)26(31)14-25-29(35-30(43-25)34-21-12-19(39-3)6-8-22(21)40-4)20(31)13-28(38)33-15-18-5-7-23-24(11-18)42-17-41-23/h5-8,11-12,20,26-27,36-37H,9-10,13-17H2,1-4H3,(H,33,38)(H,34,35). The molecule has 1 saturated carbocycles. The van der Waals surface area contributed by atoms with Gasteiger partial charge in [-0.25, -0.2) is 4.98 Å². The van der Waals surface area contributed by atoms with Crippen LogP contribution in [-0.4, -0.2) is 54.8 Å². The molecule has 1 aliphatic heterocycles. The van der Waals surface area contributed by atoms with Crippen LogP contribution in [0.25, 0.3) is 0 Å². The number of aliphatic hydroxyl groups is 2. The molecule has 2 heterocycles. The van der Waals surface area contributed by atoms with Crippen LogP contribution < -0.4 is 29.6 Å². The Bertz CT molecular complexity index is 1510. The zero-order valence-electron chi connectivity index (χ0n) is 24.9. The molecule has 230 valence electrons. The van der Waals surface area contributed by atoms with Gasteiger partial charge < -0.3 is 39.8 Å². The summed E-state index contributed by atoms with van der Waals surface area (Å²) in [6.45, 7) is 4.61. The fraction of sp³-hybridized carbons (Fsp3) is 0.500. The maximum absolute atomic E-state index is 13.6. The lowest BCUT2D eigenvalue weighted by Crippen LogP contribution is -2.57. The van der Waals surface area contributed by atoms with Crippen molar-refractivity contribution in [3.8, 4) is 23.0 Å². The minimum absolute atomic E-state index is 0.0347. The second-order valence-corrected chi connectivity index (χ2v) is 13.3. The van der Waals surface area contributed by atoms with Gasteiger partial charge in [0.05, 0.1) is 38.3 Å². The van der Waals surface area contributed by atoms with E-state index in [0.717, 1.165) is 28.2 Å². The SMILES string of the molecule is COc1ccc(OC)c(Nc2nc3c(s2)CC2C(C)(CO)C(O)CCC2(C)C3CC(=O)NCc2ccc3c(c2)OCO3)c1. The van der Waals surface area contributed by atoms with Gasteiger partial charge in [-0.05, 0) is 60.4 Å². The number of amides is 1. The van der Waals surface area contributed by atoms with Gasteiger partial charge >= 0.3 is 0 Å². The van der Waals surface area contributed by atoms with Gasteiger partial charge in [0.1, 0.15) is 11.5 Å². The number of hydrogen-bond donors (Lipinski definition) is 4. The highest BCUT2D eigenvalue weighted by Crippen LogP contribution is 2.63. The summed E-state index contributed by atoms with van der Waals surface area (Å²) in [5, 5.41) is 28.8. The van der Waals surface area contributed by atoms with Crippen molar-refractivity contribution >= 4 is 28.1 Å². The minimum atomic E-state index is -0.695. The number of carbonyl (C=O) groups is 1. The summed E-state index contributed by atoms with van der Waals surface area (Å²) in [4.78, 5) is 19.7. The number of benzene rings is 2. The second kappa shape index (κ2) is 11.5. The molecule has 0 spiro atoms. The molecule has 2 aliphatic carbocycles. The van der Waals surface area contributed by atoms with Crippen molar-refractivity contribution in [3.05, 3.63) is 52.5 Å². The molecule has 0 saturated heterocycles. The molecule has 3 aromatic rings. The third kappa shape index (κ3) is 5.27. The van der Waals surface area contributed by atoms with Crippen LogP contribution in [0, 0.1) is 16.7 Å². The van der Waals surface area contributed by atoms with Gasteiger partial charge in [0, 0.05) is 35.2 Å². The first-order valence-corrected chi connectivity index (χ1v) is 15.4. The highest BCUT2D eigenvalue weighted by Gasteiger charge is 2.59. The molecule has 1 aromatic heterocycles. The van der Waals surface area contributed by atoms with Crippen LogP contribution in [0.4, 0.5) is 10.8 Å². The molecule has 11 heteroatoms. The van der Waals surface area contributed by atoms with Gasteiger partial charge in [-0.2, -0.15) is 0 Å². The zero-order valence-corrected chi connectivity index (χ0v) is 25.8. The Balaban J connectivity index is 1.30. The van der Waals surface area contributed by atoms with Crippen LogP contribution in [0.3, 0.4) is 0 Å². The van der Waals surface area contributed by atoms with Crippen LogP contribution in [0.2, 0.25) is 0 Å². The van der Waals surface area contributed by atoms with Crippen LogP contribution in [0.15, 0.2) is 36.4 Å². The summed E-state index contributed by atoms with van der Waals surface area (Å²) in [7, 11) is 3.23. The maximum Gasteiger partial charge on any atom is 0.231 e. The van der Waals surface area contributed by atoms with Crippen molar-refractivity contribution in [1.29, 1.82) is 0 Å². The maximum atomic E-state index is 13.6. The van der Waals surface area contributed by atoms with E-state index in [0.29, 0.717) is 47.5 Å². The number of nitrogens with one attached hydrogen (secondary N) is 2. The van der Waals surface area contributed by atoms with Crippen LogP contribution in [-0.2, 0) is 17.8 Å². The first-order valence-electron chi connectivity index (χ1n) is 14.6. The normalized spacial score (nSPS) is 27.2. The summed E-state index contributed by atoms with van der Waals surface area (Å²) in [6.07, 6.45) is 1.59. The second-order valence-electron chi connectivity index (χ2n) is 12.2. The molecule has 5 atom stereocenters. The van der Waals surface area contributed by atoms with E-state index in [1.54, 1.807) is 25.6 Å². The van der Waals surface area contributed by atoms with Crippen LogP contribution in [0.1, 0.15) is 55.2 Å². The number of carbonyl (C=O) groups excluding carboxylic acids is 1. The van der Waals surface area contributed by atoms with E-state index in [1.165, 1.54) is 0 Å². The molecule has 1 amide bonds. The first kappa shape index (κ1) is 29.5. The number of anilines is 2. The van der Waals surface area contributed by atoms with Crippen molar-refractivity contribution in [2.45, 2.75) is 58.1 Å². The number of rotatable bonds is 9. The molecular formula is C32H39N3O7S. The van der Waals surface area contributed by atoms with E-state index in [2.05, 4.69) is 17.6 Å². The molecule has 10 nitrogen and oxygen atoms in total. The lowest BCUT2D eigenvalue weighted by atomic mass is 9.47. The molecule has 4 N–H and O–H groups in total. The van der Waals surface area contributed by atoms with Gasteiger partial charge in [0.25, 0.3) is 0 Å². The lowest BCUT2D eigenvalue weighted by molar-refractivity contribution is -0.144. The van der Waals surface area contributed by atoms with E-state index in [-0.39, 0.29) is 43.0 Å². The Labute approximate surface area is 255 Å². The Morgan fingerprint density at radius 2 is 1.95 bits per heavy atom. The Kier molecular flexibility index (Phi) is 7.91. The fourth-order valence-electron chi connectivity index (χ4n) is 7.24. The van der Waals surface area contributed by atoms with Crippen LogP contribution >= 0.6 is 11.3 Å². The highest BCUT2D eigenvalue weighted by atomic mass is 32.1. The first-order chi connectivity index (χ1) is 20.7. The minimum Gasteiger partial charge on any atom is -0.497 e. The van der Waals surface area contributed by atoms with E-state index >= 15 is 0 Å². The summed E-state index contributed by atoms with van der Waals surface area (Å²) in [5.41, 5.74) is 1.51. The van der Waals surface area contributed by atoms with Crippen molar-refractivity contribution in [2.24, 2.45) is 16.7 Å². The van der Waals surface area contributed by atoms with Gasteiger partial charge in [-0.3, -0.25) is 4.79 Å². The van der Waals surface area contributed by atoms with E-state index < -0.39 is 11.5 Å². The van der Waals surface area contributed by atoms with Crippen molar-refractivity contribution in [1.82, 2.24) is 10.3 Å². The number of nitrogens with zero attached hydrogens (tertiary/aromatic N) is 1. The van der Waals surface area contributed by atoms with Crippen molar-refractivity contribution in [3.63, 3.8) is 0 Å². The third-order valence-corrected chi connectivity index (χ3v) is 10.9. The Hall–Kier alpha value is -3.54. The fourth-order valence-corrected chi connectivity index (χ4v) is 8.32. The third-order valence-electron chi connectivity index (χ3n) is 9.86. The zero-order chi connectivity index (χ0) is 30.4. The van der Waals surface area contributed by atoms with Crippen LogP contribution in [0.5, 0.6) is 23.0 Å². The summed E-state index contributed by atoms with van der Waals surface area (Å²) in [5.74, 6) is 2.41. The molecule has 43 heavy (non-hydrogen) atoms. The van der Waals surface area contributed by atoms with Crippen molar-refractivity contribution in [2.75, 3.05) is 32.9 Å². The van der Waals surface area contributed by atoms with E-state index in [4.69, 9.17) is 23.9 Å². The number of methoxy groups -OCH3 is 2. The summed E-state index contributed by atoms with van der Waals surface area (Å²) in [6, 6.07) is 11.2. The number of fused-ring (bicyclic) bond motifs is 3. The highest BCUT2D eigenvalue weighted by molar-refractivity contribution is 7.15. The molecular weight excluding hydrogens is 570 g/mol. The van der Waals surface area contributed by atoms with Gasteiger partial charge in [-0.1, -0.05) is 19.9 Å². The Morgan fingerprint density at radius 1 is 1.14 bits per heavy atom. The topological polar surface area (TPSA) is 131 Å². The summed E-state index contributed by atoms with van der Waals surface area (Å²) < 4.78 is 21.9. The van der Waals surface area contributed by atoms with Gasteiger partial charge in [0.15, 0.2) is 16.6 Å². The molecule has 2 aromatic carbocycles. The number of ether oxygens (including phenoxy) is 4. The Morgan fingerprint density at radius 3 is 2.72 bits per heavy atom. The number of aromatic nitrogens is 1. The van der Waals surface area contributed by atoms with E-state index in [9.17, 15) is 15.0 Å². The molecule has 3 aliphatic rings. The largest absolute Gasteiger partial charge is 0.497 e. The van der Waals surface area contributed by atoms with Gasteiger partial charge in [-0.15, -0.1) is 11.3 Å².